The Morgan fingerprint density at radius 1 is 0.815 bits per heavy atom. The molecule has 0 saturated heterocycles. The first-order valence-electron chi connectivity index (χ1n) is 8.98. The third kappa shape index (κ3) is 6.55. The highest BCUT2D eigenvalue weighted by atomic mass is 32.1. The lowest BCUT2D eigenvalue weighted by Crippen LogP contribution is -2.36. The van der Waals surface area contributed by atoms with Gasteiger partial charge in [-0.25, -0.2) is 0 Å². The molecule has 27 heavy (non-hydrogen) atoms. The van der Waals surface area contributed by atoms with Crippen LogP contribution in [0, 0.1) is 0 Å². The van der Waals surface area contributed by atoms with E-state index in [2.05, 4.69) is 68.9 Å². The van der Waals surface area contributed by atoms with Crippen molar-refractivity contribution in [2.45, 2.75) is 26.3 Å². The summed E-state index contributed by atoms with van der Waals surface area (Å²) in [6, 6.07) is 20.8. The molecule has 0 unspecified atom stereocenters. The molecule has 0 aliphatic carbocycles. The van der Waals surface area contributed by atoms with Gasteiger partial charge in [0.15, 0.2) is 5.96 Å². The predicted octanol–water partition coefficient (Wildman–Crippen LogP) is 4.33. The summed E-state index contributed by atoms with van der Waals surface area (Å²) in [5.41, 5.74) is 4.84. The second-order valence-corrected chi connectivity index (χ2v) is 6.99. The molecule has 4 nitrogen and oxygen atoms in total. The summed E-state index contributed by atoms with van der Waals surface area (Å²) in [6.07, 6.45) is 0. The normalized spacial score (nSPS) is 11.4. The molecule has 0 fully saturated rings. The molecule has 0 amide bonds. The summed E-state index contributed by atoms with van der Waals surface area (Å²) in [4.78, 5) is 4.27. The van der Waals surface area contributed by atoms with Gasteiger partial charge in [-0.2, -0.15) is 11.3 Å². The van der Waals surface area contributed by atoms with Gasteiger partial charge in [-0.05, 0) is 39.1 Å². The van der Waals surface area contributed by atoms with Crippen LogP contribution in [0.4, 0.5) is 0 Å². The highest BCUT2D eigenvalue weighted by Gasteiger charge is 2.00. The number of thiophene rings is 1. The van der Waals surface area contributed by atoms with Crippen LogP contribution in [0.2, 0.25) is 0 Å². The molecule has 1 heterocycles. The molecule has 0 radical (unpaired) electrons. The van der Waals surface area contributed by atoms with Crippen molar-refractivity contribution < 1.29 is 4.74 Å². The van der Waals surface area contributed by atoms with E-state index in [9.17, 15) is 0 Å². The molecule has 140 valence electrons. The van der Waals surface area contributed by atoms with Crippen molar-refractivity contribution in [2.75, 3.05) is 7.05 Å². The van der Waals surface area contributed by atoms with Gasteiger partial charge in [0, 0.05) is 20.1 Å². The topological polar surface area (TPSA) is 45.7 Å². The van der Waals surface area contributed by atoms with E-state index in [4.69, 9.17) is 4.74 Å². The fourth-order valence-corrected chi connectivity index (χ4v) is 3.27. The van der Waals surface area contributed by atoms with E-state index in [0.29, 0.717) is 13.2 Å². The molecule has 0 bridgehead atoms. The average molecular weight is 380 g/mol. The third-order valence-electron chi connectivity index (χ3n) is 4.13. The Balaban J connectivity index is 1.40. The van der Waals surface area contributed by atoms with Crippen molar-refractivity contribution >= 4 is 17.3 Å². The molecule has 0 aliphatic heterocycles. The highest BCUT2D eigenvalue weighted by Crippen LogP contribution is 2.08. The maximum atomic E-state index is 5.78. The van der Waals surface area contributed by atoms with Gasteiger partial charge < -0.3 is 15.4 Å². The van der Waals surface area contributed by atoms with E-state index in [1.165, 1.54) is 22.3 Å². The Labute approximate surface area is 164 Å². The first-order valence-corrected chi connectivity index (χ1v) is 9.93. The molecule has 0 atom stereocenters. The number of hydrogen-bond acceptors (Lipinski definition) is 3. The maximum Gasteiger partial charge on any atom is 0.191 e. The monoisotopic (exact) mass is 379 g/mol. The molecular formula is C22H25N3OS. The second kappa shape index (κ2) is 10.5. The zero-order valence-corrected chi connectivity index (χ0v) is 16.3. The molecule has 5 heteroatoms. The van der Waals surface area contributed by atoms with Crippen LogP contribution in [0.15, 0.2) is 76.4 Å². The van der Waals surface area contributed by atoms with E-state index >= 15 is 0 Å². The van der Waals surface area contributed by atoms with Crippen molar-refractivity contribution in [3.8, 4) is 0 Å². The molecule has 1 aromatic heterocycles. The molecule has 3 rings (SSSR count). The molecule has 0 saturated carbocycles. The van der Waals surface area contributed by atoms with E-state index in [-0.39, 0.29) is 0 Å². The summed E-state index contributed by atoms with van der Waals surface area (Å²) in [7, 11) is 1.79. The fraction of sp³-hybridized carbons (Fsp3) is 0.227. The standard InChI is InChI=1S/C22H25N3OS/c1-23-22(25-14-21-11-12-27-17-21)24-13-18-7-9-20(10-8-18)16-26-15-19-5-3-2-4-6-19/h2-12,17H,13-16H2,1H3,(H2,23,24,25). The Morgan fingerprint density at radius 3 is 2.07 bits per heavy atom. The summed E-state index contributed by atoms with van der Waals surface area (Å²) >= 11 is 1.70. The quantitative estimate of drug-likeness (QED) is 0.452. The van der Waals surface area contributed by atoms with Crippen molar-refractivity contribution in [1.29, 1.82) is 0 Å². The van der Waals surface area contributed by atoms with Crippen LogP contribution in [0.3, 0.4) is 0 Å². The minimum absolute atomic E-state index is 0.618. The SMILES string of the molecule is CN=C(NCc1ccc(COCc2ccccc2)cc1)NCc1ccsc1. The summed E-state index contributed by atoms with van der Waals surface area (Å²) in [6.45, 7) is 2.76. The lowest BCUT2D eigenvalue weighted by molar-refractivity contribution is 0.107. The number of guanidine groups is 1. The molecule has 2 N–H and O–H groups in total. The van der Waals surface area contributed by atoms with Gasteiger partial charge in [0.05, 0.1) is 13.2 Å². The number of nitrogens with one attached hydrogen (secondary N) is 2. The third-order valence-corrected chi connectivity index (χ3v) is 4.86. The Kier molecular flexibility index (Phi) is 7.45. The lowest BCUT2D eigenvalue weighted by Gasteiger charge is -2.12. The number of ether oxygens (including phenoxy) is 1. The highest BCUT2D eigenvalue weighted by molar-refractivity contribution is 7.07. The summed E-state index contributed by atoms with van der Waals surface area (Å²) < 4.78 is 5.78. The molecule has 0 aliphatic rings. The fourth-order valence-electron chi connectivity index (χ4n) is 2.60. The van der Waals surface area contributed by atoms with Crippen molar-refractivity contribution in [2.24, 2.45) is 4.99 Å². The predicted molar refractivity (Wildman–Crippen MR) is 113 cm³/mol. The molecule has 2 aromatic carbocycles. The van der Waals surface area contributed by atoms with Crippen LogP contribution in [0.1, 0.15) is 22.3 Å². The van der Waals surface area contributed by atoms with E-state index in [1.54, 1.807) is 18.4 Å². The van der Waals surface area contributed by atoms with Gasteiger partial charge in [-0.1, -0.05) is 54.6 Å². The minimum Gasteiger partial charge on any atom is -0.372 e. The lowest BCUT2D eigenvalue weighted by atomic mass is 10.1. The van der Waals surface area contributed by atoms with Crippen LogP contribution in [-0.2, 0) is 31.0 Å². The van der Waals surface area contributed by atoms with E-state index < -0.39 is 0 Å². The smallest absolute Gasteiger partial charge is 0.191 e. The van der Waals surface area contributed by atoms with Gasteiger partial charge in [-0.3, -0.25) is 4.99 Å². The summed E-state index contributed by atoms with van der Waals surface area (Å²) in [5, 5.41) is 10.9. The van der Waals surface area contributed by atoms with Crippen LogP contribution in [0.5, 0.6) is 0 Å². The first-order chi connectivity index (χ1) is 13.3. The van der Waals surface area contributed by atoms with E-state index in [0.717, 1.165) is 19.0 Å². The van der Waals surface area contributed by atoms with Crippen LogP contribution in [0.25, 0.3) is 0 Å². The number of hydrogen-bond donors (Lipinski definition) is 2. The van der Waals surface area contributed by atoms with Crippen LogP contribution in [-0.4, -0.2) is 13.0 Å². The Morgan fingerprint density at radius 2 is 1.44 bits per heavy atom. The summed E-state index contributed by atoms with van der Waals surface area (Å²) in [5.74, 6) is 0.802. The van der Waals surface area contributed by atoms with Gasteiger partial charge in [0.1, 0.15) is 0 Å². The first kappa shape index (κ1) is 19.1. The van der Waals surface area contributed by atoms with Crippen molar-refractivity contribution in [1.82, 2.24) is 10.6 Å². The number of rotatable bonds is 8. The zero-order valence-electron chi connectivity index (χ0n) is 15.5. The minimum atomic E-state index is 0.618. The number of nitrogens with zero attached hydrogens (tertiary/aromatic N) is 1. The largest absolute Gasteiger partial charge is 0.372 e. The van der Waals surface area contributed by atoms with Crippen LogP contribution >= 0.6 is 11.3 Å². The molecule has 0 spiro atoms. The van der Waals surface area contributed by atoms with Gasteiger partial charge in [-0.15, -0.1) is 0 Å². The average Bonchev–Trinajstić information content (AvgIpc) is 3.24. The van der Waals surface area contributed by atoms with Gasteiger partial charge in [0.25, 0.3) is 0 Å². The van der Waals surface area contributed by atoms with Gasteiger partial charge in [0.2, 0.25) is 0 Å². The Hall–Kier alpha value is -2.63. The van der Waals surface area contributed by atoms with Gasteiger partial charge >= 0.3 is 0 Å². The van der Waals surface area contributed by atoms with E-state index in [1.807, 2.05) is 18.2 Å². The second-order valence-electron chi connectivity index (χ2n) is 6.21. The maximum absolute atomic E-state index is 5.78. The molecule has 3 aromatic rings. The van der Waals surface area contributed by atoms with Crippen molar-refractivity contribution in [3.05, 3.63) is 93.7 Å². The van der Waals surface area contributed by atoms with Crippen LogP contribution < -0.4 is 10.6 Å². The Bertz CT molecular complexity index is 815. The number of aliphatic imine (C=N–C) groups is 1. The zero-order chi connectivity index (χ0) is 18.7. The number of benzene rings is 2. The van der Waals surface area contributed by atoms with Crippen molar-refractivity contribution in [3.63, 3.8) is 0 Å². The molecular weight excluding hydrogens is 354 g/mol.